The Bertz CT molecular complexity index is 684. The molecule has 0 aliphatic carbocycles. The number of ether oxygens (including phenoxy) is 1. The van der Waals surface area contributed by atoms with Crippen molar-refractivity contribution < 1.29 is 9.53 Å². The zero-order chi connectivity index (χ0) is 18.7. The van der Waals surface area contributed by atoms with Crippen LogP contribution in [0.25, 0.3) is 0 Å². The van der Waals surface area contributed by atoms with E-state index in [0.717, 1.165) is 44.7 Å². The zero-order valence-electron chi connectivity index (χ0n) is 15.9. The van der Waals surface area contributed by atoms with Crippen molar-refractivity contribution in [2.75, 3.05) is 52.3 Å². The molecule has 1 amide bonds. The minimum atomic E-state index is -0.146. The van der Waals surface area contributed by atoms with Gasteiger partial charge in [0, 0.05) is 52.4 Å². The molecule has 2 saturated heterocycles. The van der Waals surface area contributed by atoms with Gasteiger partial charge in [0.25, 0.3) is 5.56 Å². The quantitative estimate of drug-likeness (QED) is 0.810. The van der Waals surface area contributed by atoms with Crippen LogP contribution in [0.4, 0.5) is 5.95 Å². The second kappa shape index (κ2) is 8.18. The standard InChI is InChI=1S/C18H29N5O3/c1-21(2)18-19-14(9-16(24)20-18)10-22(3)15-6-7-23(11-15)17(25)13-5-4-8-26-12-13/h9,13,15H,4-8,10-12H2,1-3H3,(H,19,20,24). The number of nitrogens with zero attached hydrogens (tertiary/aromatic N) is 4. The molecule has 1 aromatic heterocycles. The summed E-state index contributed by atoms with van der Waals surface area (Å²) >= 11 is 0. The number of hydrogen-bond donors (Lipinski definition) is 1. The first-order chi connectivity index (χ1) is 12.4. The van der Waals surface area contributed by atoms with Gasteiger partial charge in [0.1, 0.15) is 0 Å². The first-order valence-electron chi connectivity index (χ1n) is 9.28. The number of rotatable bonds is 5. The second-order valence-electron chi connectivity index (χ2n) is 7.51. The van der Waals surface area contributed by atoms with Crippen LogP contribution < -0.4 is 10.5 Å². The van der Waals surface area contributed by atoms with E-state index in [1.54, 1.807) is 11.0 Å². The Hall–Kier alpha value is -1.93. The van der Waals surface area contributed by atoms with Crippen molar-refractivity contribution in [3.63, 3.8) is 0 Å². The number of anilines is 1. The predicted octanol–water partition coefficient (Wildman–Crippen LogP) is 0.295. The van der Waals surface area contributed by atoms with Crippen LogP contribution in [0.1, 0.15) is 25.0 Å². The maximum absolute atomic E-state index is 12.7. The second-order valence-corrected chi connectivity index (χ2v) is 7.51. The number of aromatic amines is 1. The number of likely N-dealkylation sites (N-methyl/N-ethyl adjacent to an activating group) is 1. The third kappa shape index (κ3) is 4.42. The normalized spacial score (nSPS) is 23.5. The monoisotopic (exact) mass is 363 g/mol. The molecule has 0 saturated carbocycles. The summed E-state index contributed by atoms with van der Waals surface area (Å²) in [6.07, 6.45) is 2.84. The fourth-order valence-electron chi connectivity index (χ4n) is 3.67. The van der Waals surface area contributed by atoms with Crippen LogP contribution in [-0.4, -0.2) is 79.2 Å². The number of H-pyrrole nitrogens is 1. The summed E-state index contributed by atoms with van der Waals surface area (Å²) in [5, 5.41) is 0. The number of hydrogen-bond acceptors (Lipinski definition) is 6. The van der Waals surface area contributed by atoms with Gasteiger partial charge in [-0.15, -0.1) is 0 Å². The van der Waals surface area contributed by atoms with Crippen LogP contribution in [0.2, 0.25) is 0 Å². The molecule has 8 nitrogen and oxygen atoms in total. The average molecular weight is 363 g/mol. The van der Waals surface area contributed by atoms with Crippen molar-refractivity contribution in [2.45, 2.75) is 31.8 Å². The van der Waals surface area contributed by atoms with Gasteiger partial charge in [-0.3, -0.25) is 19.5 Å². The summed E-state index contributed by atoms with van der Waals surface area (Å²) in [6.45, 7) is 3.43. The molecule has 0 radical (unpaired) electrons. The summed E-state index contributed by atoms with van der Waals surface area (Å²) < 4.78 is 5.46. The van der Waals surface area contributed by atoms with E-state index in [2.05, 4.69) is 14.9 Å². The number of carbonyl (C=O) groups excluding carboxylic acids is 1. The van der Waals surface area contributed by atoms with Gasteiger partial charge in [-0.1, -0.05) is 0 Å². The molecule has 2 unspecified atom stereocenters. The Morgan fingerprint density at radius 3 is 2.88 bits per heavy atom. The molecular formula is C18H29N5O3. The molecule has 26 heavy (non-hydrogen) atoms. The summed E-state index contributed by atoms with van der Waals surface area (Å²) in [6, 6.07) is 1.83. The van der Waals surface area contributed by atoms with Gasteiger partial charge < -0.3 is 14.5 Å². The highest BCUT2D eigenvalue weighted by Crippen LogP contribution is 2.22. The van der Waals surface area contributed by atoms with E-state index in [-0.39, 0.29) is 23.4 Å². The Kier molecular flexibility index (Phi) is 5.93. The highest BCUT2D eigenvalue weighted by molar-refractivity contribution is 5.79. The summed E-state index contributed by atoms with van der Waals surface area (Å²) in [4.78, 5) is 37.7. The minimum Gasteiger partial charge on any atom is -0.381 e. The van der Waals surface area contributed by atoms with Crippen molar-refractivity contribution in [3.05, 3.63) is 22.1 Å². The van der Waals surface area contributed by atoms with Gasteiger partial charge in [0.15, 0.2) is 0 Å². The Balaban J connectivity index is 1.58. The van der Waals surface area contributed by atoms with E-state index in [9.17, 15) is 9.59 Å². The number of nitrogens with one attached hydrogen (secondary N) is 1. The van der Waals surface area contributed by atoms with E-state index in [1.165, 1.54) is 0 Å². The van der Waals surface area contributed by atoms with Gasteiger partial charge in [-0.25, -0.2) is 4.98 Å². The molecule has 0 aromatic carbocycles. The highest BCUT2D eigenvalue weighted by atomic mass is 16.5. The SMILES string of the molecule is CN(C)c1nc(CN(C)C2CCN(C(=O)C3CCCOC3)C2)cc(=O)[nH]1. The number of carbonyl (C=O) groups is 1. The van der Waals surface area contributed by atoms with Crippen molar-refractivity contribution >= 4 is 11.9 Å². The first-order valence-corrected chi connectivity index (χ1v) is 9.28. The third-order valence-electron chi connectivity index (χ3n) is 5.23. The topological polar surface area (TPSA) is 81.8 Å². The lowest BCUT2D eigenvalue weighted by Gasteiger charge is -2.28. The molecule has 0 spiro atoms. The molecular weight excluding hydrogens is 334 g/mol. The Morgan fingerprint density at radius 1 is 1.38 bits per heavy atom. The van der Waals surface area contributed by atoms with Crippen LogP contribution in [-0.2, 0) is 16.1 Å². The van der Waals surface area contributed by atoms with Crippen molar-refractivity contribution in [2.24, 2.45) is 5.92 Å². The van der Waals surface area contributed by atoms with Gasteiger partial charge in [0.05, 0.1) is 18.2 Å². The van der Waals surface area contributed by atoms with Gasteiger partial charge >= 0.3 is 0 Å². The van der Waals surface area contributed by atoms with Crippen molar-refractivity contribution in [3.8, 4) is 0 Å². The van der Waals surface area contributed by atoms with E-state index < -0.39 is 0 Å². The molecule has 1 N–H and O–H groups in total. The lowest BCUT2D eigenvalue weighted by Crippen LogP contribution is -2.41. The third-order valence-corrected chi connectivity index (χ3v) is 5.23. The number of likely N-dealkylation sites (tertiary alicyclic amines) is 1. The molecule has 1 aromatic rings. The molecule has 3 rings (SSSR count). The average Bonchev–Trinajstić information content (AvgIpc) is 3.11. The zero-order valence-corrected chi connectivity index (χ0v) is 15.9. The molecule has 2 fully saturated rings. The van der Waals surface area contributed by atoms with Crippen LogP contribution in [0.15, 0.2) is 10.9 Å². The molecule has 0 bridgehead atoms. The van der Waals surface area contributed by atoms with E-state index in [0.29, 0.717) is 19.1 Å². The van der Waals surface area contributed by atoms with Gasteiger partial charge in [0.2, 0.25) is 11.9 Å². The summed E-state index contributed by atoms with van der Waals surface area (Å²) in [5.74, 6) is 0.802. The van der Waals surface area contributed by atoms with Gasteiger partial charge in [-0.2, -0.15) is 0 Å². The molecule has 144 valence electrons. The van der Waals surface area contributed by atoms with E-state index in [4.69, 9.17) is 4.74 Å². The van der Waals surface area contributed by atoms with Crippen LogP contribution in [0, 0.1) is 5.92 Å². The van der Waals surface area contributed by atoms with Crippen molar-refractivity contribution in [1.29, 1.82) is 0 Å². The molecule has 2 aliphatic heterocycles. The van der Waals surface area contributed by atoms with E-state index in [1.807, 2.05) is 26.0 Å². The minimum absolute atomic E-state index is 0.0183. The Morgan fingerprint density at radius 2 is 2.19 bits per heavy atom. The maximum Gasteiger partial charge on any atom is 0.252 e. The van der Waals surface area contributed by atoms with Crippen molar-refractivity contribution in [1.82, 2.24) is 19.8 Å². The first kappa shape index (κ1) is 18.8. The predicted molar refractivity (Wildman–Crippen MR) is 99.2 cm³/mol. The maximum atomic E-state index is 12.7. The molecule has 2 atom stereocenters. The molecule has 2 aliphatic rings. The molecule has 3 heterocycles. The summed E-state index contributed by atoms with van der Waals surface area (Å²) in [7, 11) is 5.73. The number of aromatic nitrogens is 2. The fraction of sp³-hybridized carbons (Fsp3) is 0.722. The largest absolute Gasteiger partial charge is 0.381 e. The van der Waals surface area contributed by atoms with Crippen LogP contribution in [0.5, 0.6) is 0 Å². The fourth-order valence-corrected chi connectivity index (χ4v) is 3.67. The summed E-state index contributed by atoms with van der Waals surface area (Å²) in [5.41, 5.74) is 0.595. The van der Waals surface area contributed by atoms with E-state index >= 15 is 0 Å². The van der Waals surface area contributed by atoms with Crippen LogP contribution >= 0.6 is 0 Å². The Labute approximate surface area is 154 Å². The lowest BCUT2D eigenvalue weighted by atomic mass is 10.0. The highest BCUT2D eigenvalue weighted by Gasteiger charge is 2.33. The molecule has 8 heteroatoms. The van der Waals surface area contributed by atoms with Gasteiger partial charge in [-0.05, 0) is 26.3 Å². The lowest BCUT2D eigenvalue weighted by molar-refractivity contribution is -0.138. The number of amides is 1. The van der Waals surface area contributed by atoms with Crippen LogP contribution in [0.3, 0.4) is 0 Å². The smallest absolute Gasteiger partial charge is 0.252 e.